The summed E-state index contributed by atoms with van der Waals surface area (Å²) < 4.78 is 11.8. The van der Waals surface area contributed by atoms with Crippen LogP contribution in [0.15, 0.2) is 46.9 Å². The van der Waals surface area contributed by atoms with Crippen molar-refractivity contribution in [2.24, 2.45) is 0 Å². The number of hydrogen-bond acceptors (Lipinski definition) is 4. The number of ether oxygens (including phenoxy) is 1. The van der Waals surface area contributed by atoms with Gasteiger partial charge in [0.05, 0.1) is 0 Å². The van der Waals surface area contributed by atoms with Crippen molar-refractivity contribution in [2.75, 3.05) is 25.1 Å². The summed E-state index contributed by atoms with van der Waals surface area (Å²) >= 11 is 0. The van der Waals surface area contributed by atoms with E-state index in [1.807, 2.05) is 12.1 Å². The molecule has 6 heteroatoms. The molecule has 0 fully saturated rings. The summed E-state index contributed by atoms with van der Waals surface area (Å²) in [6, 6.07) is 12.6. The molecule has 0 radical (unpaired) electrons. The van der Waals surface area contributed by atoms with Crippen molar-refractivity contribution in [3.05, 3.63) is 59.4 Å². The lowest BCUT2D eigenvalue weighted by molar-refractivity contribution is -0.124. The van der Waals surface area contributed by atoms with Gasteiger partial charge in [0.2, 0.25) is 5.91 Å². The fourth-order valence-corrected chi connectivity index (χ4v) is 3.86. The van der Waals surface area contributed by atoms with Gasteiger partial charge in [-0.15, -0.1) is 6.42 Å². The Balaban J connectivity index is 1.53. The maximum Gasteiger partial charge on any atom is 0.265 e. The zero-order valence-corrected chi connectivity index (χ0v) is 17.4. The number of carbonyl (C=O) groups excluding carboxylic acids is 2. The van der Waals surface area contributed by atoms with E-state index in [0.717, 1.165) is 42.4 Å². The molecule has 1 N–H and O–H groups in total. The normalized spacial score (nSPS) is 12.6. The summed E-state index contributed by atoms with van der Waals surface area (Å²) in [4.78, 5) is 26.3. The predicted molar refractivity (Wildman–Crippen MR) is 119 cm³/mol. The number of hydrogen-bond donors (Lipinski definition) is 1. The maximum atomic E-state index is 13.0. The Bertz CT molecular complexity index is 1170. The van der Waals surface area contributed by atoms with Crippen molar-refractivity contribution >= 4 is 28.5 Å². The Morgan fingerprint density at radius 1 is 1.19 bits per heavy atom. The van der Waals surface area contributed by atoms with Gasteiger partial charge in [-0.2, -0.15) is 0 Å². The number of amides is 2. The van der Waals surface area contributed by atoms with Gasteiger partial charge < -0.3 is 19.4 Å². The van der Waals surface area contributed by atoms with Crippen LogP contribution in [0.25, 0.3) is 11.0 Å². The van der Waals surface area contributed by atoms with Gasteiger partial charge in [-0.1, -0.05) is 12.0 Å². The third kappa shape index (κ3) is 4.41. The Morgan fingerprint density at radius 3 is 2.84 bits per heavy atom. The summed E-state index contributed by atoms with van der Waals surface area (Å²) in [5.74, 6) is 3.57. The van der Waals surface area contributed by atoms with E-state index in [1.54, 1.807) is 30.3 Å². The second-order valence-electron chi connectivity index (χ2n) is 7.51. The summed E-state index contributed by atoms with van der Waals surface area (Å²) in [5, 5.41) is 3.59. The fraction of sp³-hybridized carbons (Fsp3) is 0.280. The van der Waals surface area contributed by atoms with Crippen LogP contribution < -0.4 is 15.0 Å². The Hall–Kier alpha value is -3.72. The second-order valence-corrected chi connectivity index (χ2v) is 7.51. The molecule has 158 valence electrons. The molecule has 1 aliphatic rings. The molecule has 2 amide bonds. The van der Waals surface area contributed by atoms with Crippen LogP contribution in [0.3, 0.4) is 0 Å². The Kier molecular flexibility index (Phi) is 5.94. The van der Waals surface area contributed by atoms with Crippen molar-refractivity contribution in [2.45, 2.75) is 25.7 Å². The number of terminal acetylenes is 1. The highest BCUT2D eigenvalue weighted by molar-refractivity contribution is 5.99. The minimum atomic E-state index is -0.341. The molecule has 0 aliphatic heterocycles. The van der Waals surface area contributed by atoms with E-state index in [4.69, 9.17) is 15.6 Å². The smallest absolute Gasteiger partial charge is 0.265 e. The van der Waals surface area contributed by atoms with Gasteiger partial charge in [0, 0.05) is 35.7 Å². The third-order valence-corrected chi connectivity index (χ3v) is 5.49. The SMILES string of the molecule is C#Cc1cccc(N(CC(=O)NC)C(=O)COc2ccc3oc4c(c3c2)CCCC4)c1. The number of likely N-dealkylation sites (N-methyl/N-ethyl adjacent to an activating group) is 1. The van der Waals surface area contributed by atoms with Gasteiger partial charge in [0.25, 0.3) is 5.91 Å². The third-order valence-electron chi connectivity index (χ3n) is 5.49. The number of fused-ring (bicyclic) bond motifs is 3. The number of aryl methyl sites for hydroxylation is 2. The summed E-state index contributed by atoms with van der Waals surface area (Å²) in [6.07, 6.45) is 9.73. The Morgan fingerprint density at radius 2 is 2.03 bits per heavy atom. The molecule has 0 saturated heterocycles. The van der Waals surface area contributed by atoms with Crippen molar-refractivity contribution in [3.8, 4) is 18.1 Å². The molecule has 0 unspecified atom stereocenters. The van der Waals surface area contributed by atoms with Gasteiger partial charge in [-0.3, -0.25) is 9.59 Å². The van der Waals surface area contributed by atoms with Gasteiger partial charge >= 0.3 is 0 Å². The first-order valence-corrected chi connectivity index (χ1v) is 10.3. The standard InChI is InChI=1S/C25H24N2O4/c1-3-17-7-6-8-18(13-17)27(15-24(28)26-2)25(29)16-30-19-11-12-23-21(14-19)20-9-4-5-10-22(20)31-23/h1,6-8,11-14H,4-5,9-10,15-16H2,2H3,(H,26,28). The molecular formula is C25H24N2O4. The van der Waals surface area contributed by atoms with Crippen LogP contribution in [-0.2, 0) is 22.4 Å². The molecule has 1 aliphatic carbocycles. The van der Waals surface area contributed by atoms with Gasteiger partial charge in [-0.25, -0.2) is 0 Å². The van der Waals surface area contributed by atoms with E-state index < -0.39 is 0 Å². The van der Waals surface area contributed by atoms with Crippen LogP contribution in [0.2, 0.25) is 0 Å². The van der Waals surface area contributed by atoms with Gasteiger partial charge in [0.15, 0.2) is 6.61 Å². The molecule has 1 heterocycles. The number of benzene rings is 2. The first kappa shape index (κ1) is 20.5. The largest absolute Gasteiger partial charge is 0.484 e. The zero-order valence-electron chi connectivity index (χ0n) is 17.4. The van der Waals surface area contributed by atoms with E-state index >= 15 is 0 Å². The quantitative estimate of drug-likeness (QED) is 0.625. The first-order chi connectivity index (χ1) is 15.1. The Labute approximate surface area is 181 Å². The van der Waals surface area contributed by atoms with Crippen LogP contribution in [0.5, 0.6) is 5.75 Å². The molecule has 2 aromatic carbocycles. The van der Waals surface area contributed by atoms with Crippen LogP contribution in [-0.4, -0.2) is 32.0 Å². The molecule has 4 rings (SSSR count). The molecule has 3 aromatic rings. The summed E-state index contributed by atoms with van der Waals surface area (Å²) in [6.45, 7) is -0.330. The lowest BCUT2D eigenvalue weighted by atomic mass is 9.96. The number of anilines is 1. The number of nitrogens with zero attached hydrogens (tertiary/aromatic N) is 1. The van der Waals surface area contributed by atoms with E-state index in [-0.39, 0.29) is 25.0 Å². The molecule has 0 bridgehead atoms. The van der Waals surface area contributed by atoms with E-state index in [0.29, 0.717) is 17.0 Å². The number of furan rings is 1. The van der Waals surface area contributed by atoms with Crippen LogP contribution in [0.1, 0.15) is 29.7 Å². The van der Waals surface area contributed by atoms with E-state index in [1.165, 1.54) is 17.5 Å². The number of rotatable bonds is 6. The fourth-order valence-electron chi connectivity index (χ4n) is 3.86. The zero-order chi connectivity index (χ0) is 21.8. The molecule has 0 saturated carbocycles. The highest BCUT2D eigenvalue weighted by atomic mass is 16.5. The molecule has 31 heavy (non-hydrogen) atoms. The second kappa shape index (κ2) is 8.97. The summed E-state index contributed by atoms with van der Waals surface area (Å²) in [5.41, 5.74) is 3.26. The average Bonchev–Trinajstić information content (AvgIpc) is 3.18. The number of nitrogens with one attached hydrogen (secondary N) is 1. The maximum absolute atomic E-state index is 13.0. The van der Waals surface area contributed by atoms with Crippen molar-refractivity contribution in [3.63, 3.8) is 0 Å². The lowest BCUT2D eigenvalue weighted by Gasteiger charge is -2.22. The van der Waals surface area contributed by atoms with Crippen molar-refractivity contribution in [1.29, 1.82) is 0 Å². The van der Waals surface area contributed by atoms with E-state index in [9.17, 15) is 9.59 Å². The number of carbonyl (C=O) groups is 2. The van der Waals surface area contributed by atoms with Gasteiger partial charge in [0.1, 0.15) is 23.6 Å². The highest BCUT2D eigenvalue weighted by Crippen LogP contribution is 2.34. The molecular weight excluding hydrogens is 392 g/mol. The van der Waals surface area contributed by atoms with E-state index in [2.05, 4.69) is 11.2 Å². The minimum Gasteiger partial charge on any atom is -0.484 e. The monoisotopic (exact) mass is 416 g/mol. The molecule has 6 nitrogen and oxygen atoms in total. The average molecular weight is 416 g/mol. The van der Waals surface area contributed by atoms with Gasteiger partial charge in [-0.05, 0) is 55.7 Å². The van der Waals surface area contributed by atoms with Crippen LogP contribution in [0, 0.1) is 12.3 Å². The van der Waals surface area contributed by atoms with Crippen LogP contribution >= 0.6 is 0 Å². The topological polar surface area (TPSA) is 71.8 Å². The molecule has 0 spiro atoms. The van der Waals surface area contributed by atoms with Crippen LogP contribution in [0.4, 0.5) is 5.69 Å². The molecule has 1 aromatic heterocycles. The minimum absolute atomic E-state index is 0.124. The predicted octanol–water partition coefficient (Wildman–Crippen LogP) is 3.45. The summed E-state index contributed by atoms with van der Waals surface area (Å²) in [7, 11) is 1.53. The molecule has 0 atom stereocenters. The van der Waals surface area contributed by atoms with Crippen molar-refractivity contribution < 1.29 is 18.7 Å². The first-order valence-electron chi connectivity index (χ1n) is 10.3. The highest BCUT2D eigenvalue weighted by Gasteiger charge is 2.21. The lowest BCUT2D eigenvalue weighted by Crippen LogP contribution is -2.42. The van der Waals surface area contributed by atoms with Crippen molar-refractivity contribution in [1.82, 2.24) is 5.32 Å².